The Bertz CT molecular complexity index is 1130. The fourth-order valence-corrected chi connectivity index (χ4v) is 4.33. The van der Waals surface area contributed by atoms with Crippen LogP contribution in [0.2, 0.25) is 0 Å². The lowest BCUT2D eigenvalue weighted by Gasteiger charge is -2.16. The summed E-state index contributed by atoms with van der Waals surface area (Å²) in [6.45, 7) is 0.574. The van der Waals surface area contributed by atoms with Crippen LogP contribution in [0.1, 0.15) is 36.6 Å². The van der Waals surface area contributed by atoms with E-state index in [4.69, 9.17) is 4.74 Å². The van der Waals surface area contributed by atoms with Crippen LogP contribution in [-0.2, 0) is 6.54 Å². The van der Waals surface area contributed by atoms with E-state index in [-0.39, 0.29) is 24.3 Å². The van der Waals surface area contributed by atoms with Gasteiger partial charge >= 0.3 is 0 Å². The summed E-state index contributed by atoms with van der Waals surface area (Å²) in [6.07, 6.45) is 0. The number of thioether (sulfide) groups is 1. The Morgan fingerprint density at radius 3 is 2.25 bits per heavy atom. The van der Waals surface area contributed by atoms with Crippen molar-refractivity contribution in [2.45, 2.75) is 11.4 Å². The summed E-state index contributed by atoms with van der Waals surface area (Å²) >= 11 is 1.66. The third kappa shape index (κ3) is 4.53. The van der Waals surface area contributed by atoms with E-state index in [0.29, 0.717) is 34.5 Å². The average molecular weight is 447 g/mol. The van der Waals surface area contributed by atoms with Gasteiger partial charge in [0.05, 0.1) is 30.3 Å². The minimum Gasteiger partial charge on any atom is -0.496 e. The van der Waals surface area contributed by atoms with Gasteiger partial charge in [-0.25, -0.2) is 0 Å². The van der Waals surface area contributed by atoms with Gasteiger partial charge in [0.1, 0.15) is 5.75 Å². The van der Waals surface area contributed by atoms with Gasteiger partial charge in [0, 0.05) is 17.2 Å². The van der Waals surface area contributed by atoms with Gasteiger partial charge in [-0.3, -0.25) is 19.3 Å². The number of rotatable bonds is 8. The topological polar surface area (TPSA) is 75.7 Å². The molecule has 1 aliphatic heterocycles. The molecule has 0 unspecified atom stereocenters. The number of benzene rings is 3. The van der Waals surface area contributed by atoms with Crippen LogP contribution in [0.4, 0.5) is 0 Å². The minimum atomic E-state index is -0.328. The molecule has 162 valence electrons. The van der Waals surface area contributed by atoms with Gasteiger partial charge in [0.25, 0.3) is 17.7 Å². The zero-order chi connectivity index (χ0) is 22.5. The number of fused-ring (bicyclic) bond motifs is 1. The molecule has 0 fully saturated rings. The van der Waals surface area contributed by atoms with Crippen LogP contribution in [0.15, 0.2) is 77.7 Å². The Kier molecular flexibility index (Phi) is 6.56. The molecule has 0 atom stereocenters. The van der Waals surface area contributed by atoms with E-state index in [2.05, 4.69) is 5.32 Å². The maximum Gasteiger partial charge on any atom is 0.261 e. The fourth-order valence-electron chi connectivity index (χ4n) is 3.54. The standard InChI is InChI=1S/C25H22N2O4S/c1-31-22-12-11-17(16-27-24(29)19-9-5-6-10-20(19)25(27)30)15-21(22)23(28)26-13-14-32-18-7-3-2-4-8-18/h2-12,15H,13-14,16H2,1H3,(H,26,28). The number of nitrogens with one attached hydrogen (secondary N) is 1. The highest BCUT2D eigenvalue weighted by atomic mass is 32.2. The Morgan fingerprint density at radius 2 is 1.59 bits per heavy atom. The van der Waals surface area contributed by atoms with E-state index in [0.717, 1.165) is 10.6 Å². The van der Waals surface area contributed by atoms with Gasteiger partial charge in [-0.2, -0.15) is 0 Å². The number of carbonyl (C=O) groups excluding carboxylic acids is 3. The summed E-state index contributed by atoms with van der Waals surface area (Å²) in [5.41, 5.74) is 1.84. The Labute approximate surface area is 190 Å². The predicted molar refractivity (Wildman–Crippen MR) is 123 cm³/mol. The molecule has 0 saturated heterocycles. The number of imide groups is 1. The second-order valence-electron chi connectivity index (χ2n) is 7.19. The summed E-state index contributed by atoms with van der Waals surface area (Å²) in [4.78, 5) is 40.4. The normalized spacial score (nSPS) is 12.6. The van der Waals surface area contributed by atoms with Crippen molar-refractivity contribution in [2.24, 2.45) is 0 Å². The van der Waals surface area contributed by atoms with E-state index in [9.17, 15) is 14.4 Å². The first-order valence-corrected chi connectivity index (χ1v) is 11.1. The second kappa shape index (κ2) is 9.70. The molecule has 0 spiro atoms. The van der Waals surface area contributed by atoms with Crippen molar-refractivity contribution in [3.05, 3.63) is 95.1 Å². The molecule has 6 nitrogen and oxygen atoms in total. The Hall–Kier alpha value is -3.58. The largest absolute Gasteiger partial charge is 0.496 e. The smallest absolute Gasteiger partial charge is 0.261 e. The number of hydrogen-bond acceptors (Lipinski definition) is 5. The number of nitrogens with zero attached hydrogens (tertiary/aromatic N) is 1. The summed E-state index contributed by atoms with van der Waals surface area (Å²) in [7, 11) is 1.50. The number of carbonyl (C=O) groups is 3. The van der Waals surface area contributed by atoms with Crippen molar-refractivity contribution in [2.75, 3.05) is 19.4 Å². The van der Waals surface area contributed by atoms with Crippen LogP contribution in [-0.4, -0.2) is 42.0 Å². The van der Waals surface area contributed by atoms with Gasteiger partial charge in [-0.15, -0.1) is 11.8 Å². The van der Waals surface area contributed by atoms with Gasteiger partial charge in [-0.1, -0.05) is 36.4 Å². The Morgan fingerprint density at radius 1 is 0.938 bits per heavy atom. The number of methoxy groups -OCH3 is 1. The molecule has 3 amide bonds. The first-order valence-electron chi connectivity index (χ1n) is 10.2. The molecule has 0 aromatic heterocycles. The molecule has 1 N–H and O–H groups in total. The van der Waals surface area contributed by atoms with Crippen LogP contribution < -0.4 is 10.1 Å². The zero-order valence-electron chi connectivity index (χ0n) is 17.5. The van der Waals surface area contributed by atoms with E-state index in [1.807, 2.05) is 30.3 Å². The maximum absolute atomic E-state index is 12.8. The molecule has 0 aliphatic carbocycles. The lowest BCUT2D eigenvalue weighted by Crippen LogP contribution is -2.29. The lowest BCUT2D eigenvalue weighted by molar-refractivity contribution is 0.0642. The third-order valence-corrected chi connectivity index (χ3v) is 6.14. The molecule has 0 radical (unpaired) electrons. The molecule has 0 saturated carbocycles. The fraction of sp³-hybridized carbons (Fsp3) is 0.160. The molecule has 32 heavy (non-hydrogen) atoms. The van der Waals surface area contributed by atoms with Crippen LogP contribution in [0, 0.1) is 0 Å². The van der Waals surface area contributed by atoms with Crippen LogP contribution in [0.3, 0.4) is 0 Å². The van der Waals surface area contributed by atoms with Crippen LogP contribution >= 0.6 is 11.8 Å². The van der Waals surface area contributed by atoms with Crippen molar-refractivity contribution in [1.29, 1.82) is 0 Å². The highest BCUT2D eigenvalue weighted by Gasteiger charge is 2.35. The molecular weight excluding hydrogens is 424 g/mol. The van der Waals surface area contributed by atoms with E-state index < -0.39 is 0 Å². The molecule has 0 bridgehead atoms. The van der Waals surface area contributed by atoms with Crippen LogP contribution in [0.25, 0.3) is 0 Å². The predicted octanol–water partition coefficient (Wildman–Crippen LogP) is 4.01. The maximum atomic E-state index is 12.8. The molecule has 3 aromatic rings. The summed E-state index contributed by atoms with van der Waals surface area (Å²) in [5, 5.41) is 2.91. The SMILES string of the molecule is COc1ccc(CN2C(=O)c3ccccc3C2=O)cc1C(=O)NCCSc1ccccc1. The summed E-state index contributed by atoms with van der Waals surface area (Å²) < 4.78 is 5.35. The van der Waals surface area contributed by atoms with Crippen molar-refractivity contribution < 1.29 is 19.1 Å². The minimum absolute atomic E-state index is 0.0838. The quantitative estimate of drug-likeness (QED) is 0.321. The highest BCUT2D eigenvalue weighted by molar-refractivity contribution is 7.99. The van der Waals surface area contributed by atoms with Crippen molar-refractivity contribution in [3.8, 4) is 5.75 Å². The summed E-state index contributed by atoms with van der Waals surface area (Å²) in [5.74, 6) is 0.243. The number of hydrogen-bond donors (Lipinski definition) is 1. The summed E-state index contributed by atoms with van der Waals surface area (Å²) in [6, 6.07) is 21.8. The third-order valence-electron chi connectivity index (χ3n) is 5.13. The van der Waals surface area contributed by atoms with Crippen molar-refractivity contribution >= 4 is 29.5 Å². The molecule has 1 heterocycles. The van der Waals surface area contributed by atoms with Gasteiger partial charge in [-0.05, 0) is 42.0 Å². The number of ether oxygens (including phenoxy) is 1. The molecule has 3 aromatic carbocycles. The monoisotopic (exact) mass is 446 g/mol. The van der Waals surface area contributed by atoms with E-state index in [1.165, 1.54) is 12.0 Å². The van der Waals surface area contributed by atoms with Crippen molar-refractivity contribution in [1.82, 2.24) is 10.2 Å². The van der Waals surface area contributed by atoms with Crippen LogP contribution in [0.5, 0.6) is 5.75 Å². The molecule has 4 rings (SSSR count). The van der Waals surface area contributed by atoms with Crippen molar-refractivity contribution in [3.63, 3.8) is 0 Å². The molecular formula is C25H22N2O4S. The van der Waals surface area contributed by atoms with E-state index in [1.54, 1.807) is 54.2 Å². The molecule has 7 heteroatoms. The number of amides is 3. The highest BCUT2D eigenvalue weighted by Crippen LogP contribution is 2.26. The lowest BCUT2D eigenvalue weighted by atomic mass is 10.1. The molecule has 1 aliphatic rings. The van der Waals surface area contributed by atoms with Gasteiger partial charge in [0.15, 0.2) is 0 Å². The average Bonchev–Trinajstić information content (AvgIpc) is 3.07. The van der Waals surface area contributed by atoms with Gasteiger partial charge < -0.3 is 10.1 Å². The zero-order valence-corrected chi connectivity index (χ0v) is 18.4. The first kappa shape index (κ1) is 21.6. The van der Waals surface area contributed by atoms with Gasteiger partial charge in [0.2, 0.25) is 0 Å². The second-order valence-corrected chi connectivity index (χ2v) is 8.36. The first-order chi connectivity index (χ1) is 15.6. The van der Waals surface area contributed by atoms with E-state index >= 15 is 0 Å². The Balaban J connectivity index is 1.43.